The highest BCUT2D eigenvalue weighted by molar-refractivity contribution is 5.87. The number of ketones is 1. The van der Waals surface area contributed by atoms with Crippen LogP contribution in [0.5, 0.6) is 0 Å². The third kappa shape index (κ3) is 2.13. The number of urea groups is 1. The van der Waals surface area contributed by atoms with Crippen molar-refractivity contribution < 1.29 is 9.59 Å². The Morgan fingerprint density at radius 3 is 2.53 bits per heavy atom. The summed E-state index contributed by atoms with van der Waals surface area (Å²) in [5, 5.41) is 0. The second kappa shape index (κ2) is 4.21. The van der Waals surface area contributed by atoms with E-state index < -0.39 is 0 Å². The summed E-state index contributed by atoms with van der Waals surface area (Å²) in [5.74, 6) is 0.486. The van der Waals surface area contributed by atoms with Crippen molar-refractivity contribution in [3.63, 3.8) is 0 Å². The van der Waals surface area contributed by atoms with E-state index in [2.05, 4.69) is 0 Å². The minimum atomic E-state index is 0.00125. The molecule has 1 saturated carbocycles. The highest BCUT2D eigenvalue weighted by Gasteiger charge is 2.30. The van der Waals surface area contributed by atoms with Crippen molar-refractivity contribution in [2.45, 2.75) is 25.7 Å². The van der Waals surface area contributed by atoms with Crippen LogP contribution in [-0.4, -0.2) is 48.3 Å². The van der Waals surface area contributed by atoms with E-state index in [1.165, 1.54) is 12.8 Å². The van der Waals surface area contributed by atoms with Gasteiger partial charge >= 0.3 is 6.03 Å². The Balaban J connectivity index is 1.86. The summed E-state index contributed by atoms with van der Waals surface area (Å²) >= 11 is 0. The first-order chi connectivity index (χ1) is 7.18. The van der Waals surface area contributed by atoms with Gasteiger partial charge in [0.15, 0.2) is 5.78 Å². The molecule has 0 atom stereocenters. The maximum atomic E-state index is 11.8. The summed E-state index contributed by atoms with van der Waals surface area (Å²) in [7, 11) is 1.78. The lowest BCUT2D eigenvalue weighted by Crippen LogP contribution is -2.35. The van der Waals surface area contributed by atoms with Gasteiger partial charge in [-0.1, -0.05) is 12.8 Å². The van der Waals surface area contributed by atoms with E-state index in [1.807, 2.05) is 0 Å². The Labute approximate surface area is 90.2 Å². The summed E-state index contributed by atoms with van der Waals surface area (Å²) in [6, 6.07) is 0.00125. The molecular formula is C11H18N2O2. The van der Waals surface area contributed by atoms with Gasteiger partial charge in [-0.25, -0.2) is 4.79 Å². The average Bonchev–Trinajstić information content (AvgIpc) is 2.83. The summed E-state index contributed by atoms with van der Waals surface area (Å²) in [6.45, 7) is 1.78. The smallest absolute Gasteiger partial charge is 0.320 e. The normalized spacial score (nSPS) is 22.9. The molecule has 4 nitrogen and oxygen atoms in total. The summed E-state index contributed by atoms with van der Waals surface area (Å²) in [4.78, 5) is 26.7. The van der Waals surface area contributed by atoms with Gasteiger partial charge in [0.05, 0.1) is 6.54 Å². The molecule has 2 amide bonds. The third-order valence-electron chi connectivity index (χ3n) is 3.46. The van der Waals surface area contributed by atoms with Gasteiger partial charge in [0.1, 0.15) is 0 Å². The van der Waals surface area contributed by atoms with Crippen LogP contribution in [0, 0.1) is 5.92 Å². The first-order valence-corrected chi connectivity index (χ1v) is 5.71. The van der Waals surface area contributed by atoms with Crippen molar-refractivity contribution in [3.05, 3.63) is 0 Å². The van der Waals surface area contributed by atoms with E-state index in [1.54, 1.807) is 16.8 Å². The maximum Gasteiger partial charge on any atom is 0.320 e. The fourth-order valence-electron chi connectivity index (χ4n) is 2.42. The number of rotatable bonds is 3. The number of amides is 2. The highest BCUT2D eigenvalue weighted by Crippen LogP contribution is 2.25. The van der Waals surface area contributed by atoms with Crippen LogP contribution < -0.4 is 0 Å². The summed E-state index contributed by atoms with van der Waals surface area (Å²) < 4.78 is 0. The fraction of sp³-hybridized carbons (Fsp3) is 0.818. The minimum absolute atomic E-state index is 0.00125. The molecule has 0 bridgehead atoms. The molecule has 15 heavy (non-hydrogen) atoms. The molecule has 2 fully saturated rings. The summed E-state index contributed by atoms with van der Waals surface area (Å²) in [6.07, 6.45) is 4.39. The third-order valence-corrected chi connectivity index (χ3v) is 3.46. The lowest BCUT2D eigenvalue weighted by Gasteiger charge is -2.17. The van der Waals surface area contributed by atoms with Gasteiger partial charge < -0.3 is 9.80 Å². The van der Waals surface area contributed by atoms with Crippen molar-refractivity contribution in [3.8, 4) is 0 Å². The minimum Gasteiger partial charge on any atom is -0.326 e. The van der Waals surface area contributed by atoms with Crippen LogP contribution in [0.2, 0.25) is 0 Å². The van der Waals surface area contributed by atoms with E-state index in [4.69, 9.17) is 0 Å². The predicted molar refractivity (Wildman–Crippen MR) is 56.6 cm³/mol. The number of hydrogen-bond donors (Lipinski definition) is 0. The largest absolute Gasteiger partial charge is 0.326 e. The predicted octanol–water partition coefficient (Wildman–Crippen LogP) is 1.11. The van der Waals surface area contributed by atoms with Crippen LogP contribution in [0.3, 0.4) is 0 Å². The molecular weight excluding hydrogens is 192 g/mol. The number of nitrogens with zero attached hydrogens (tertiary/aromatic N) is 2. The molecule has 2 rings (SSSR count). The molecule has 4 heteroatoms. The molecule has 1 aliphatic heterocycles. The molecule has 84 valence electrons. The van der Waals surface area contributed by atoms with Crippen molar-refractivity contribution in [2.24, 2.45) is 5.92 Å². The molecule has 1 saturated heterocycles. The van der Waals surface area contributed by atoms with E-state index in [0.29, 0.717) is 13.1 Å². The van der Waals surface area contributed by atoms with Crippen molar-refractivity contribution in [1.29, 1.82) is 0 Å². The van der Waals surface area contributed by atoms with Crippen LogP contribution in [0.15, 0.2) is 0 Å². The van der Waals surface area contributed by atoms with Gasteiger partial charge in [0.2, 0.25) is 0 Å². The second-order valence-electron chi connectivity index (χ2n) is 4.57. The zero-order valence-electron chi connectivity index (χ0n) is 9.24. The molecule has 0 radical (unpaired) electrons. The van der Waals surface area contributed by atoms with E-state index >= 15 is 0 Å². The quantitative estimate of drug-likeness (QED) is 0.700. The van der Waals surface area contributed by atoms with Crippen LogP contribution in [0.4, 0.5) is 4.79 Å². The fourth-order valence-corrected chi connectivity index (χ4v) is 2.42. The van der Waals surface area contributed by atoms with Crippen LogP contribution in [-0.2, 0) is 4.79 Å². The maximum absolute atomic E-state index is 11.8. The van der Waals surface area contributed by atoms with Crippen LogP contribution in [0.25, 0.3) is 0 Å². The van der Waals surface area contributed by atoms with Crippen molar-refractivity contribution in [2.75, 3.05) is 26.7 Å². The zero-order chi connectivity index (χ0) is 10.8. The Morgan fingerprint density at radius 2 is 2.00 bits per heavy atom. The Bertz CT molecular complexity index is 272. The van der Waals surface area contributed by atoms with Gasteiger partial charge in [-0.2, -0.15) is 0 Å². The van der Waals surface area contributed by atoms with Crippen molar-refractivity contribution in [1.82, 2.24) is 9.80 Å². The topological polar surface area (TPSA) is 40.6 Å². The molecule has 2 aliphatic rings. The number of hydrogen-bond acceptors (Lipinski definition) is 2. The molecule has 0 aromatic carbocycles. The highest BCUT2D eigenvalue weighted by atomic mass is 16.2. The van der Waals surface area contributed by atoms with E-state index in [0.717, 1.165) is 19.4 Å². The second-order valence-corrected chi connectivity index (χ2v) is 4.57. The molecule has 0 unspecified atom stereocenters. The lowest BCUT2D eigenvalue weighted by molar-refractivity contribution is -0.123. The summed E-state index contributed by atoms with van der Waals surface area (Å²) in [5.41, 5.74) is 0. The molecule has 0 spiro atoms. The van der Waals surface area contributed by atoms with Gasteiger partial charge in [-0.3, -0.25) is 4.79 Å². The average molecular weight is 210 g/mol. The number of likely N-dealkylation sites (N-methyl/N-ethyl adjacent to an activating group) is 1. The Morgan fingerprint density at radius 1 is 1.33 bits per heavy atom. The van der Waals surface area contributed by atoms with Gasteiger partial charge in [-0.05, 0) is 12.8 Å². The molecule has 0 N–H and O–H groups in total. The number of carbonyl (C=O) groups excluding carboxylic acids is 2. The van der Waals surface area contributed by atoms with Gasteiger partial charge in [0.25, 0.3) is 0 Å². The van der Waals surface area contributed by atoms with Crippen LogP contribution in [0.1, 0.15) is 25.7 Å². The zero-order valence-corrected chi connectivity index (χ0v) is 9.24. The SMILES string of the molecule is CN1CCN(CC(=O)C2CCCC2)C1=O. The molecule has 1 heterocycles. The van der Waals surface area contributed by atoms with E-state index in [-0.39, 0.29) is 17.7 Å². The molecule has 1 aliphatic carbocycles. The van der Waals surface area contributed by atoms with E-state index in [9.17, 15) is 9.59 Å². The van der Waals surface area contributed by atoms with Gasteiger partial charge in [-0.15, -0.1) is 0 Å². The molecule has 0 aromatic rings. The van der Waals surface area contributed by atoms with Crippen molar-refractivity contribution >= 4 is 11.8 Å². The molecule has 0 aromatic heterocycles. The Kier molecular flexibility index (Phi) is 2.93. The number of Topliss-reactive ketones (excluding diaryl/α,β-unsaturated/α-hetero) is 1. The first kappa shape index (κ1) is 10.5. The van der Waals surface area contributed by atoms with Crippen LogP contribution >= 0.6 is 0 Å². The monoisotopic (exact) mass is 210 g/mol. The lowest BCUT2D eigenvalue weighted by atomic mass is 10.0. The first-order valence-electron chi connectivity index (χ1n) is 5.71. The van der Waals surface area contributed by atoms with Gasteiger partial charge in [0, 0.05) is 26.1 Å². The number of carbonyl (C=O) groups is 2. The Hall–Kier alpha value is -1.06. The standard InChI is InChI=1S/C11H18N2O2/c1-12-6-7-13(11(12)15)8-10(14)9-4-2-3-5-9/h9H,2-8H2,1H3.